The van der Waals surface area contributed by atoms with Gasteiger partial charge in [-0.3, -0.25) is 4.68 Å². The third-order valence-electron chi connectivity index (χ3n) is 2.69. The number of hydrogen-bond donors (Lipinski definition) is 2. The zero-order valence-corrected chi connectivity index (χ0v) is 13.6. The van der Waals surface area contributed by atoms with E-state index < -0.39 is 10.0 Å². The lowest BCUT2D eigenvalue weighted by Gasteiger charge is -2.12. The quantitative estimate of drug-likeness (QED) is 0.749. The fourth-order valence-electron chi connectivity index (χ4n) is 1.62. The average Bonchev–Trinajstić information content (AvgIpc) is 2.96. The number of aryl methyl sites for hydroxylation is 1. The first-order valence-corrected chi connectivity index (χ1v) is 8.29. The molecule has 0 unspecified atom stereocenters. The summed E-state index contributed by atoms with van der Waals surface area (Å²) >= 11 is 1.02. The van der Waals surface area contributed by atoms with Gasteiger partial charge >= 0.3 is 0 Å². The van der Waals surface area contributed by atoms with Crippen molar-refractivity contribution in [2.24, 2.45) is 7.05 Å². The fourth-order valence-corrected chi connectivity index (χ4v) is 3.73. The van der Waals surface area contributed by atoms with Gasteiger partial charge in [0.2, 0.25) is 10.0 Å². The largest absolute Gasteiger partial charge is 0.382 e. The average molecular weight is 331 g/mol. The van der Waals surface area contributed by atoms with E-state index in [0.29, 0.717) is 23.8 Å². The van der Waals surface area contributed by atoms with Crippen molar-refractivity contribution in [3.63, 3.8) is 0 Å². The molecule has 2 rings (SSSR count). The Hall–Kier alpha value is -1.72. The molecule has 0 bridgehead atoms. The summed E-state index contributed by atoms with van der Waals surface area (Å²) in [6.07, 6.45) is 2.18. The van der Waals surface area contributed by atoms with Crippen LogP contribution in [0.4, 0.5) is 10.8 Å². The molecular formula is C10H17N7O2S2. The minimum Gasteiger partial charge on any atom is -0.382 e. The molecule has 0 spiro atoms. The van der Waals surface area contributed by atoms with E-state index in [-0.39, 0.29) is 10.7 Å². The topological polar surface area (TPSA) is 119 Å². The van der Waals surface area contributed by atoms with Gasteiger partial charge in [-0.25, -0.2) is 17.7 Å². The zero-order chi connectivity index (χ0) is 15.6. The predicted octanol–water partition coefficient (Wildman–Crippen LogP) is -0.241. The molecule has 2 heterocycles. The Kier molecular flexibility index (Phi) is 4.44. The number of nitrogens with two attached hydrogens (primary N) is 1. The van der Waals surface area contributed by atoms with E-state index >= 15 is 0 Å². The summed E-state index contributed by atoms with van der Waals surface area (Å²) in [6, 6.07) is 0. The minimum atomic E-state index is -3.63. The maximum Gasteiger partial charge on any atom is 0.249 e. The molecule has 0 saturated carbocycles. The van der Waals surface area contributed by atoms with Crippen LogP contribution in [-0.2, 0) is 23.5 Å². The Morgan fingerprint density at radius 1 is 1.48 bits per heavy atom. The van der Waals surface area contributed by atoms with Crippen molar-refractivity contribution >= 4 is 32.4 Å². The summed E-state index contributed by atoms with van der Waals surface area (Å²) in [5, 5.41) is 7.61. The summed E-state index contributed by atoms with van der Waals surface area (Å²) in [6.45, 7) is 0.488. The number of sulfonamides is 1. The SMILES string of the molecule is CN(C)S(=O)(=O)c1c(N)nsc1NCCc1ncn(C)n1. The lowest BCUT2D eigenvalue weighted by Crippen LogP contribution is -2.23. The van der Waals surface area contributed by atoms with Crippen molar-refractivity contribution in [3.05, 3.63) is 12.2 Å². The third kappa shape index (κ3) is 3.31. The second kappa shape index (κ2) is 5.95. The van der Waals surface area contributed by atoms with E-state index in [1.54, 1.807) is 18.1 Å². The molecule has 3 N–H and O–H groups in total. The van der Waals surface area contributed by atoms with Gasteiger partial charge in [-0.2, -0.15) is 9.47 Å². The van der Waals surface area contributed by atoms with E-state index in [4.69, 9.17) is 5.73 Å². The zero-order valence-electron chi connectivity index (χ0n) is 11.9. The summed E-state index contributed by atoms with van der Waals surface area (Å²) in [4.78, 5) is 4.12. The molecule has 21 heavy (non-hydrogen) atoms. The molecule has 0 amide bonds. The lowest BCUT2D eigenvalue weighted by molar-refractivity contribution is 0.521. The van der Waals surface area contributed by atoms with Gasteiger partial charge in [0, 0.05) is 34.1 Å². The molecule has 9 nitrogen and oxygen atoms in total. The number of nitrogen functional groups attached to an aromatic ring is 1. The monoisotopic (exact) mass is 331 g/mol. The van der Waals surface area contributed by atoms with Gasteiger partial charge in [-0.05, 0) is 11.5 Å². The van der Waals surface area contributed by atoms with Crippen LogP contribution in [0, 0.1) is 0 Å². The van der Waals surface area contributed by atoms with E-state index in [2.05, 4.69) is 19.8 Å². The van der Waals surface area contributed by atoms with Gasteiger partial charge in [0.25, 0.3) is 0 Å². The number of aromatic nitrogens is 4. The van der Waals surface area contributed by atoms with E-state index in [9.17, 15) is 8.42 Å². The van der Waals surface area contributed by atoms with E-state index in [1.807, 2.05) is 0 Å². The first-order valence-electron chi connectivity index (χ1n) is 6.08. The molecule has 0 aliphatic heterocycles. The van der Waals surface area contributed by atoms with Gasteiger partial charge in [0.15, 0.2) is 16.5 Å². The van der Waals surface area contributed by atoms with Crippen molar-refractivity contribution in [1.29, 1.82) is 0 Å². The molecule has 0 aliphatic rings. The summed E-state index contributed by atoms with van der Waals surface area (Å²) < 4.78 is 31.1. The molecule has 2 aromatic heterocycles. The van der Waals surface area contributed by atoms with Gasteiger partial charge in [0.05, 0.1) is 0 Å². The molecule has 11 heteroatoms. The number of nitrogens with one attached hydrogen (secondary N) is 1. The third-order valence-corrected chi connectivity index (χ3v) is 5.53. The van der Waals surface area contributed by atoms with Crippen LogP contribution in [0.2, 0.25) is 0 Å². The Bertz CT molecular complexity index is 720. The van der Waals surface area contributed by atoms with Crippen molar-refractivity contribution in [2.45, 2.75) is 11.3 Å². The summed E-state index contributed by atoms with van der Waals surface area (Å²) in [7, 11) is 1.06. The highest BCUT2D eigenvalue weighted by atomic mass is 32.2. The van der Waals surface area contributed by atoms with Gasteiger partial charge in [-0.1, -0.05) is 0 Å². The van der Waals surface area contributed by atoms with Crippen LogP contribution in [0.5, 0.6) is 0 Å². The lowest BCUT2D eigenvalue weighted by atomic mass is 10.4. The minimum absolute atomic E-state index is 0.00663. The molecule has 0 radical (unpaired) electrons. The van der Waals surface area contributed by atoms with Gasteiger partial charge < -0.3 is 11.1 Å². The van der Waals surface area contributed by atoms with Crippen molar-refractivity contribution in [2.75, 3.05) is 31.7 Å². The highest BCUT2D eigenvalue weighted by Gasteiger charge is 2.27. The van der Waals surface area contributed by atoms with Crippen LogP contribution < -0.4 is 11.1 Å². The first-order chi connectivity index (χ1) is 9.82. The van der Waals surface area contributed by atoms with Crippen LogP contribution in [0.25, 0.3) is 0 Å². The number of anilines is 2. The Morgan fingerprint density at radius 2 is 2.19 bits per heavy atom. The molecule has 0 aromatic carbocycles. The van der Waals surface area contributed by atoms with Crippen LogP contribution in [0.3, 0.4) is 0 Å². The molecule has 0 aliphatic carbocycles. The maximum atomic E-state index is 12.2. The maximum absolute atomic E-state index is 12.2. The Labute approximate surface area is 127 Å². The highest BCUT2D eigenvalue weighted by molar-refractivity contribution is 7.89. The normalized spacial score (nSPS) is 12.0. The van der Waals surface area contributed by atoms with Crippen LogP contribution in [0.1, 0.15) is 5.82 Å². The van der Waals surface area contributed by atoms with Crippen LogP contribution >= 0.6 is 11.5 Å². The summed E-state index contributed by atoms with van der Waals surface area (Å²) in [5.74, 6) is 0.687. The van der Waals surface area contributed by atoms with Gasteiger partial charge in [-0.15, -0.1) is 0 Å². The number of nitrogens with zero attached hydrogens (tertiary/aromatic N) is 5. The number of hydrogen-bond acceptors (Lipinski definition) is 8. The molecule has 0 atom stereocenters. The Balaban J connectivity index is 2.11. The van der Waals surface area contributed by atoms with Crippen molar-refractivity contribution in [3.8, 4) is 0 Å². The smallest absolute Gasteiger partial charge is 0.249 e. The second-order valence-electron chi connectivity index (χ2n) is 4.52. The van der Waals surface area contributed by atoms with E-state index in [0.717, 1.165) is 15.8 Å². The first kappa shape index (κ1) is 15.7. The van der Waals surface area contributed by atoms with Crippen molar-refractivity contribution in [1.82, 2.24) is 23.4 Å². The van der Waals surface area contributed by atoms with E-state index in [1.165, 1.54) is 14.1 Å². The van der Waals surface area contributed by atoms with Crippen LogP contribution in [0.15, 0.2) is 11.2 Å². The fraction of sp³-hybridized carbons (Fsp3) is 0.500. The molecule has 0 fully saturated rings. The highest BCUT2D eigenvalue weighted by Crippen LogP contribution is 2.32. The molecule has 116 valence electrons. The number of rotatable bonds is 6. The molecule has 2 aromatic rings. The van der Waals surface area contributed by atoms with Crippen molar-refractivity contribution < 1.29 is 8.42 Å². The van der Waals surface area contributed by atoms with Gasteiger partial charge in [0.1, 0.15) is 11.3 Å². The Morgan fingerprint density at radius 3 is 2.76 bits per heavy atom. The molecule has 0 saturated heterocycles. The predicted molar refractivity (Wildman–Crippen MR) is 80.6 cm³/mol. The standard InChI is InChI=1S/C10H17N7O2S2/c1-16(2)21(18,19)8-9(11)15-20-10(8)12-5-4-7-13-6-17(3)14-7/h6,12H,4-5H2,1-3H3,(H2,11,15). The molecular weight excluding hydrogens is 314 g/mol. The second-order valence-corrected chi connectivity index (χ2v) is 7.39. The summed E-state index contributed by atoms with van der Waals surface area (Å²) in [5.41, 5.74) is 5.68. The van der Waals surface area contributed by atoms with Crippen LogP contribution in [-0.4, -0.2) is 52.5 Å².